The van der Waals surface area contributed by atoms with Gasteiger partial charge in [-0.25, -0.2) is 12.4 Å². The van der Waals surface area contributed by atoms with Crippen molar-refractivity contribution in [3.63, 3.8) is 0 Å². The molecular weight excluding hydrogens is 351 g/mol. The van der Waals surface area contributed by atoms with E-state index in [1.165, 1.54) is 30.5 Å². The summed E-state index contributed by atoms with van der Waals surface area (Å²) in [7, 11) is -3.84. The summed E-state index contributed by atoms with van der Waals surface area (Å²) in [4.78, 5) is 0.113. The molecule has 0 saturated heterocycles. The van der Waals surface area contributed by atoms with Gasteiger partial charge in [0.1, 0.15) is 0 Å². The molecule has 0 unspecified atom stereocenters. The molecule has 0 N–H and O–H groups in total. The van der Waals surface area contributed by atoms with Crippen molar-refractivity contribution in [2.75, 3.05) is 0 Å². The maximum Gasteiger partial charge on any atom is 0.416 e. The predicted molar refractivity (Wildman–Crippen MR) is 88.6 cm³/mol. The number of alkyl halides is 3. The van der Waals surface area contributed by atoms with Crippen LogP contribution in [0, 0.1) is 6.92 Å². The van der Waals surface area contributed by atoms with Gasteiger partial charge in [0.25, 0.3) is 10.0 Å². The van der Waals surface area contributed by atoms with Gasteiger partial charge in [-0.3, -0.25) is 0 Å². The third kappa shape index (κ3) is 3.32. The SMILES string of the molecule is Cc1ccc(S(=O)(=O)n2cccc2-c2ccc(C(F)(F)F)cc2)cc1. The van der Waals surface area contributed by atoms with Crippen LogP contribution >= 0.6 is 0 Å². The topological polar surface area (TPSA) is 39.1 Å². The Morgan fingerprint density at radius 3 is 2.04 bits per heavy atom. The Hall–Kier alpha value is -2.54. The van der Waals surface area contributed by atoms with E-state index < -0.39 is 21.8 Å². The second kappa shape index (κ2) is 6.07. The zero-order valence-corrected chi connectivity index (χ0v) is 14.0. The molecule has 0 aliphatic carbocycles. The fourth-order valence-corrected chi connectivity index (χ4v) is 3.82. The lowest BCUT2D eigenvalue weighted by Gasteiger charge is -2.12. The third-order valence-corrected chi connectivity index (χ3v) is 5.50. The van der Waals surface area contributed by atoms with E-state index in [9.17, 15) is 21.6 Å². The van der Waals surface area contributed by atoms with Crippen molar-refractivity contribution in [3.05, 3.63) is 78.0 Å². The van der Waals surface area contributed by atoms with Crippen molar-refractivity contribution in [3.8, 4) is 11.3 Å². The van der Waals surface area contributed by atoms with Crippen LogP contribution in [-0.4, -0.2) is 12.4 Å². The molecule has 0 fully saturated rings. The number of aromatic nitrogens is 1. The average Bonchev–Trinajstić information content (AvgIpc) is 3.05. The molecule has 0 radical (unpaired) electrons. The van der Waals surface area contributed by atoms with E-state index in [-0.39, 0.29) is 4.90 Å². The van der Waals surface area contributed by atoms with Gasteiger partial charge in [-0.1, -0.05) is 29.8 Å². The van der Waals surface area contributed by atoms with Crippen molar-refractivity contribution in [1.29, 1.82) is 0 Å². The van der Waals surface area contributed by atoms with Crippen LogP contribution < -0.4 is 0 Å². The Balaban J connectivity index is 2.05. The maximum atomic E-state index is 12.8. The number of rotatable bonds is 3. The lowest BCUT2D eigenvalue weighted by molar-refractivity contribution is -0.137. The lowest BCUT2D eigenvalue weighted by Crippen LogP contribution is -2.13. The van der Waals surface area contributed by atoms with E-state index in [4.69, 9.17) is 0 Å². The zero-order chi connectivity index (χ0) is 18.2. The molecule has 3 nitrogen and oxygen atoms in total. The Morgan fingerprint density at radius 2 is 1.48 bits per heavy atom. The predicted octanol–water partition coefficient (Wildman–Crippen LogP) is 4.72. The van der Waals surface area contributed by atoms with Crippen LogP contribution in [0.5, 0.6) is 0 Å². The van der Waals surface area contributed by atoms with E-state index in [2.05, 4.69) is 0 Å². The van der Waals surface area contributed by atoms with Crippen LogP contribution in [-0.2, 0) is 16.2 Å². The van der Waals surface area contributed by atoms with Crippen molar-refractivity contribution >= 4 is 10.0 Å². The first-order valence-electron chi connectivity index (χ1n) is 7.37. The van der Waals surface area contributed by atoms with Crippen LogP contribution in [0.2, 0.25) is 0 Å². The van der Waals surface area contributed by atoms with Crippen LogP contribution in [0.15, 0.2) is 71.8 Å². The van der Waals surface area contributed by atoms with Gasteiger partial charge < -0.3 is 0 Å². The number of halogens is 3. The summed E-state index contributed by atoms with van der Waals surface area (Å²) in [6, 6.07) is 13.9. The number of hydrogen-bond acceptors (Lipinski definition) is 2. The summed E-state index contributed by atoms with van der Waals surface area (Å²) in [5, 5.41) is 0. The standard InChI is InChI=1S/C18H14F3NO2S/c1-13-4-10-16(11-5-13)25(23,24)22-12-2-3-17(22)14-6-8-15(9-7-14)18(19,20)21/h2-12H,1H3. The van der Waals surface area contributed by atoms with Gasteiger partial charge in [0.05, 0.1) is 16.2 Å². The highest BCUT2D eigenvalue weighted by atomic mass is 32.2. The molecule has 0 bridgehead atoms. The normalized spacial score (nSPS) is 12.3. The Bertz CT molecular complexity index is 986. The van der Waals surface area contributed by atoms with Gasteiger partial charge in [-0.2, -0.15) is 13.2 Å². The van der Waals surface area contributed by atoms with E-state index in [1.807, 2.05) is 6.92 Å². The second-order valence-electron chi connectivity index (χ2n) is 5.58. The van der Waals surface area contributed by atoms with Gasteiger partial charge in [0.15, 0.2) is 0 Å². The monoisotopic (exact) mass is 365 g/mol. The first-order valence-corrected chi connectivity index (χ1v) is 8.81. The van der Waals surface area contributed by atoms with Crippen molar-refractivity contribution < 1.29 is 21.6 Å². The fourth-order valence-electron chi connectivity index (χ4n) is 2.45. The molecule has 0 aliphatic heterocycles. The second-order valence-corrected chi connectivity index (χ2v) is 7.40. The smallest absolute Gasteiger partial charge is 0.241 e. The molecule has 0 spiro atoms. The van der Waals surface area contributed by atoms with E-state index >= 15 is 0 Å². The Morgan fingerprint density at radius 1 is 0.880 bits per heavy atom. The molecule has 25 heavy (non-hydrogen) atoms. The highest BCUT2D eigenvalue weighted by Crippen LogP contribution is 2.32. The molecule has 7 heteroatoms. The van der Waals surface area contributed by atoms with Crippen LogP contribution in [0.3, 0.4) is 0 Å². The quantitative estimate of drug-likeness (QED) is 0.674. The van der Waals surface area contributed by atoms with E-state index in [0.717, 1.165) is 21.7 Å². The van der Waals surface area contributed by atoms with Crippen molar-refractivity contribution in [2.45, 2.75) is 18.0 Å². The number of nitrogens with zero attached hydrogens (tertiary/aromatic N) is 1. The molecule has 1 heterocycles. The molecule has 2 aromatic carbocycles. The van der Waals surface area contributed by atoms with Crippen LogP contribution in [0.4, 0.5) is 13.2 Å². The minimum atomic E-state index is -4.44. The van der Waals surface area contributed by atoms with Gasteiger partial charge in [0.2, 0.25) is 0 Å². The molecule has 3 aromatic rings. The molecule has 130 valence electrons. The number of benzene rings is 2. The molecule has 3 rings (SSSR count). The van der Waals surface area contributed by atoms with E-state index in [0.29, 0.717) is 11.3 Å². The van der Waals surface area contributed by atoms with Crippen molar-refractivity contribution in [2.24, 2.45) is 0 Å². The number of aryl methyl sites for hydroxylation is 1. The van der Waals surface area contributed by atoms with Crippen LogP contribution in [0.1, 0.15) is 11.1 Å². The first-order chi connectivity index (χ1) is 11.7. The van der Waals surface area contributed by atoms with Gasteiger partial charge >= 0.3 is 6.18 Å². The maximum absolute atomic E-state index is 12.8. The molecule has 0 atom stereocenters. The van der Waals surface area contributed by atoms with Gasteiger partial charge in [0, 0.05) is 6.20 Å². The van der Waals surface area contributed by atoms with Gasteiger partial charge in [-0.05, 0) is 48.9 Å². The van der Waals surface area contributed by atoms with Crippen LogP contribution in [0.25, 0.3) is 11.3 Å². The highest BCUT2D eigenvalue weighted by molar-refractivity contribution is 7.90. The average molecular weight is 365 g/mol. The largest absolute Gasteiger partial charge is 0.416 e. The first kappa shape index (κ1) is 17.3. The third-order valence-electron chi connectivity index (χ3n) is 3.80. The Kier molecular flexibility index (Phi) is 4.20. The molecule has 0 saturated carbocycles. The zero-order valence-electron chi connectivity index (χ0n) is 13.2. The van der Waals surface area contributed by atoms with E-state index in [1.54, 1.807) is 24.3 Å². The lowest BCUT2D eigenvalue weighted by atomic mass is 10.1. The Labute approximate surface area is 143 Å². The molecule has 0 aliphatic rings. The summed E-state index contributed by atoms with van der Waals surface area (Å²) in [5.74, 6) is 0. The minimum absolute atomic E-state index is 0.113. The summed E-state index contributed by atoms with van der Waals surface area (Å²) in [6.07, 6.45) is -3.06. The molecular formula is C18H14F3NO2S. The summed E-state index contributed by atoms with van der Waals surface area (Å²) < 4.78 is 64.7. The fraction of sp³-hybridized carbons (Fsp3) is 0.111. The summed E-state index contributed by atoms with van der Waals surface area (Å²) >= 11 is 0. The highest BCUT2D eigenvalue weighted by Gasteiger charge is 2.30. The summed E-state index contributed by atoms with van der Waals surface area (Å²) in [5.41, 5.74) is 0.827. The van der Waals surface area contributed by atoms with Crippen molar-refractivity contribution in [1.82, 2.24) is 3.97 Å². The minimum Gasteiger partial charge on any atom is -0.241 e. The van der Waals surface area contributed by atoms with Gasteiger partial charge in [-0.15, -0.1) is 0 Å². The number of hydrogen-bond donors (Lipinski definition) is 0. The molecule has 0 amide bonds. The molecule has 1 aromatic heterocycles. The summed E-state index contributed by atoms with van der Waals surface area (Å²) in [6.45, 7) is 1.85.